The number of fused-ring (bicyclic) bond motifs is 1. The molecule has 0 bridgehead atoms. The number of pyridine rings is 1. The summed E-state index contributed by atoms with van der Waals surface area (Å²) in [7, 11) is 1.66. The fourth-order valence-electron chi connectivity index (χ4n) is 2.77. The summed E-state index contributed by atoms with van der Waals surface area (Å²) >= 11 is 0. The molecule has 1 aromatic carbocycles. The predicted molar refractivity (Wildman–Crippen MR) is 81.2 cm³/mol. The lowest BCUT2D eigenvalue weighted by Gasteiger charge is -2.28. The molecule has 1 saturated heterocycles. The van der Waals surface area contributed by atoms with Crippen molar-refractivity contribution in [3.8, 4) is 0 Å². The number of amides is 1. The van der Waals surface area contributed by atoms with Gasteiger partial charge in [0.25, 0.3) is 5.91 Å². The van der Waals surface area contributed by atoms with Crippen molar-refractivity contribution < 1.29 is 4.79 Å². The maximum atomic E-state index is 12.1. The molecule has 4 heteroatoms. The summed E-state index contributed by atoms with van der Waals surface area (Å²) in [5.41, 5.74) is 1.59. The molecule has 0 saturated carbocycles. The average molecular weight is 269 g/mol. The Bertz CT molecular complexity index is 633. The lowest BCUT2D eigenvalue weighted by Crippen LogP contribution is -2.30. The van der Waals surface area contributed by atoms with Crippen LogP contribution in [0.1, 0.15) is 29.6 Å². The molecule has 0 atom stereocenters. The first-order valence-corrected chi connectivity index (χ1v) is 7.16. The van der Waals surface area contributed by atoms with E-state index in [-0.39, 0.29) is 5.91 Å². The lowest BCUT2D eigenvalue weighted by atomic mass is 10.1. The highest BCUT2D eigenvalue weighted by molar-refractivity contribution is 6.06. The summed E-state index contributed by atoms with van der Waals surface area (Å²) in [6.07, 6.45) is 3.68. The van der Waals surface area contributed by atoms with Crippen molar-refractivity contribution >= 4 is 22.6 Å². The quantitative estimate of drug-likeness (QED) is 0.911. The Kier molecular flexibility index (Phi) is 3.54. The van der Waals surface area contributed by atoms with Gasteiger partial charge in [0, 0.05) is 25.5 Å². The first kappa shape index (κ1) is 12.9. The van der Waals surface area contributed by atoms with Gasteiger partial charge in [-0.05, 0) is 31.4 Å². The molecule has 2 heterocycles. The number of nitrogens with one attached hydrogen (secondary N) is 1. The van der Waals surface area contributed by atoms with Crippen LogP contribution in [0.5, 0.6) is 0 Å². The van der Waals surface area contributed by atoms with Gasteiger partial charge in [-0.25, -0.2) is 4.98 Å². The second-order valence-corrected chi connectivity index (χ2v) is 5.17. The van der Waals surface area contributed by atoms with E-state index in [1.807, 2.05) is 30.3 Å². The van der Waals surface area contributed by atoms with E-state index in [0.717, 1.165) is 29.8 Å². The van der Waals surface area contributed by atoms with Crippen LogP contribution in [0, 0.1) is 0 Å². The normalized spacial score (nSPS) is 15.3. The molecule has 20 heavy (non-hydrogen) atoms. The third-order valence-electron chi connectivity index (χ3n) is 3.85. The Morgan fingerprint density at radius 2 is 1.95 bits per heavy atom. The standard InChI is InChI=1S/C16H19N3O/c1-17-16(20)13-11-15(19-9-5-2-6-10-19)18-14-8-4-3-7-12(13)14/h3-4,7-8,11H,2,5-6,9-10H2,1H3,(H,17,20). The van der Waals surface area contributed by atoms with Gasteiger partial charge in [-0.1, -0.05) is 18.2 Å². The number of para-hydroxylation sites is 1. The fourth-order valence-corrected chi connectivity index (χ4v) is 2.77. The molecule has 1 aliphatic rings. The minimum atomic E-state index is -0.0538. The summed E-state index contributed by atoms with van der Waals surface area (Å²) in [5, 5.41) is 3.63. The number of hydrogen-bond acceptors (Lipinski definition) is 3. The van der Waals surface area contributed by atoms with Crippen molar-refractivity contribution in [2.75, 3.05) is 25.0 Å². The number of aromatic nitrogens is 1. The summed E-state index contributed by atoms with van der Waals surface area (Å²) in [6.45, 7) is 2.05. The Hall–Kier alpha value is -2.10. The lowest BCUT2D eigenvalue weighted by molar-refractivity contribution is 0.0964. The highest BCUT2D eigenvalue weighted by Crippen LogP contribution is 2.25. The van der Waals surface area contributed by atoms with E-state index in [4.69, 9.17) is 4.98 Å². The van der Waals surface area contributed by atoms with Crippen LogP contribution in [0.25, 0.3) is 10.9 Å². The summed E-state index contributed by atoms with van der Waals surface area (Å²) in [5.74, 6) is 0.865. The fraction of sp³-hybridized carbons (Fsp3) is 0.375. The topological polar surface area (TPSA) is 45.2 Å². The average Bonchev–Trinajstić information content (AvgIpc) is 2.54. The van der Waals surface area contributed by atoms with Crippen LogP contribution < -0.4 is 10.2 Å². The predicted octanol–water partition coefficient (Wildman–Crippen LogP) is 2.58. The van der Waals surface area contributed by atoms with Crippen LogP contribution in [0.3, 0.4) is 0 Å². The maximum Gasteiger partial charge on any atom is 0.251 e. The third kappa shape index (κ3) is 2.33. The van der Waals surface area contributed by atoms with Crippen molar-refractivity contribution in [2.24, 2.45) is 0 Å². The molecule has 1 aromatic heterocycles. The molecular weight excluding hydrogens is 250 g/mol. The Morgan fingerprint density at radius 1 is 1.20 bits per heavy atom. The molecule has 0 radical (unpaired) electrons. The second kappa shape index (κ2) is 5.49. The Labute approximate surface area is 118 Å². The largest absolute Gasteiger partial charge is 0.357 e. The van der Waals surface area contributed by atoms with E-state index in [1.54, 1.807) is 7.05 Å². The van der Waals surface area contributed by atoms with E-state index >= 15 is 0 Å². The smallest absolute Gasteiger partial charge is 0.251 e. The molecule has 2 aromatic rings. The molecule has 1 fully saturated rings. The molecule has 3 rings (SSSR count). The minimum Gasteiger partial charge on any atom is -0.357 e. The molecule has 1 amide bonds. The number of hydrogen-bond donors (Lipinski definition) is 1. The van der Waals surface area contributed by atoms with Crippen LogP contribution >= 0.6 is 0 Å². The van der Waals surface area contributed by atoms with Crippen LogP contribution in [-0.2, 0) is 0 Å². The summed E-state index contributed by atoms with van der Waals surface area (Å²) < 4.78 is 0. The Morgan fingerprint density at radius 3 is 2.70 bits per heavy atom. The van der Waals surface area contributed by atoms with Crippen LogP contribution in [-0.4, -0.2) is 31.0 Å². The van der Waals surface area contributed by atoms with Gasteiger partial charge in [0.15, 0.2) is 0 Å². The molecule has 1 aliphatic heterocycles. The molecule has 104 valence electrons. The van der Waals surface area contributed by atoms with Crippen LogP contribution in [0.2, 0.25) is 0 Å². The van der Waals surface area contributed by atoms with Gasteiger partial charge in [-0.2, -0.15) is 0 Å². The number of carbonyl (C=O) groups excluding carboxylic acids is 1. The van der Waals surface area contributed by atoms with Gasteiger partial charge in [0.1, 0.15) is 5.82 Å². The van der Waals surface area contributed by atoms with Gasteiger partial charge in [-0.3, -0.25) is 4.79 Å². The zero-order valence-electron chi connectivity index (χ0n) is 11.7. The first-order chi connectivity index (χ1) is 9.79. The maximum absolute atomic E-state index is 12.1. The molecule has 0 unspecified atom stereocenters. The first-order valence-electron chi connectivity index (χ1n) is 7.16. The van der Waals surface area contributed by atoms with Crippen molar-refractivity contribution in [1.29, 1.82) is 0 Å². The number of nitrogens with zero attached hydrogens (tertiary/aromatic N) is 2. The highest BCUT2D eigenvalue weighted by Gasteiger charge is 2.17. The zero-order chi connectivity index (χ0) is 13.9. The highest BCUT2D eigenvalue weighted by atomic mass is 16.1. The van der Waals surface area contributed by atoms with Crippen LogP contribution in [0.4, 0.5) is 5.82 Å². The van der Waals surface area contributed by atoms with E-state index in [0.29, 0.717) is 5.56 Å². The van der Waals surface area contributed by atoms with Crippen molar-refractivity contribution in [3.05, 3.63) is 35.9 Å². The van der Waals surface area contributed by atoms with E-state index < -0.39 is 0 Å². The molecule has 1 N–H and O–H groups in total. The van der Waals surface area contributed by atoms with E-state index in [9.17, 15) is 4.79 Å². The number of benzene rings is 1. The SMILES string of the molecule is CNC(=O)c1cc(N2CCCCC2)nc2ccccc12. The molecule has 4 nitrogen and oxygen atoms in total. The monoisotopic (exact) mass is 269 g/mol. The Balaban J connectivity index is 2.11. The molecule has 0 spiro atoms. The number of anilines is 1. The molecule has 0 aliphatic carbocycles. The second-order valence-electron chi connectivity index (χ2n) is 5.17. The van der Waals surface area contributed by atoms with E-state index in [2.05, 4.69) is 10.2 Å². The number of piperidine rings is 1. The van der Waals surface area contributed by atoms with Gasteiger partial charge in [0.2, 0.25) is 0 Å². The zero-order valence-corrected chi connectivity index (χ0v) is 11.7. The molecular formula is C16H19N3O. The van der Waals surface area contributed by atoms with Crippen LogP contribution in [0.15, 0.2) is 30.3 Å². The van der Waals surface area contributed by atoms with Gasteiger partial charge in [0.05, 0.1) is 11.1 Å². The summed E-state index contributed by atoms with van der Waals surface area (Å²) in [6, 6.07) is 9.74. The van der Waals surface area contributed by atoms with Crippen molar-refractivity contribution in [3.63, 3.8) is 0 Å². The number of rotatable bonds is 2. The van der Waals surface area contributed by atoms with Gasteiger partial charge >= 0.3 is 0 Å². The summed E-state index contributed by atoms with van der Waals surface area (Å²) in [4.78, 5) is 19.1. The van der Waals surface area contributed by atoms with Gasteiger partial charge in [-0.15, -0.1) is 0 Å². The van der Waals surface area contributed by atoms with Crippen molar-refractivity contribution in [2.45, 2.75) is 19.3 Å². The third-order valence-corrected chi connectivity index (χ3v) is 3.85. The van der Waals surface area contributed by atoms with Crippen molar-refractivity contribution in [1.82, 2.24) is 10.3 Å². The van der Waals surface area contributed by atoms with E-state index in [1.165, 1.54) is 19.3 Å². The van der Waals surface area contributed by atoms with Gasteiger partial charge < -0.3 is 10.2 Å². The number of carbonyl (C=O) groups is 1. The minimum absolute atomic E-state index is 0.0538.